The van der Waals surface area contributed by atoms with Gasteiger partial charge in [-0.25, -0.2) is 4.79 Å². The van der Waals surface area contributed by atoms with Crippen molar-refractivity contribution in [2.24, 2.45) is 5.92 Å². The lowest BCUT2D eigenvalue weighted by atomic mass is 10.0. The van der Waals surface area contributed by atoms with Gasteiger partial charge in [0.25, 0.3) is 0 Å². The van der Waals surface area contributed by atoms with E-state index in [1.165, 1.54) is 0 Å². The molecule has 1 atom stereocenters. The van der Waals surface area contributed by atoms with Crippen molar-refractivity contribution in [3.05, 3.63) is 23.8 Å². The van der Waals surface area contributed by atoms with E-state index >= 15 is 0 Å². The summed E-state index contributed by atoms with van der Waals surface area (Å²) in [5.74, 6) is 0.266. The zero-order chi connectivity index (χ0) is 15.3. The Kier molecular flexibility index (Phi) is 5.86. The molecule has 0 aliphatic rings. The number of nitrogens with two attached hydrogens (primary N) is 1. The van der Waals surface area contributed by atoms with Crippen molar-refractivity contribution >= 4 is 17.3 Å². The van der Waals surface area contributed by atoms with Crippen molar-refractivity contribution < 1.29 is 9.53 Å². The van der Waals surface area contributed by atoms with Gasteiger partial charge in [0, 0.05) is 24.5 Å². The van der Waals surface area contributed by atoms with Crippen LogP contribution in [0.4, 0.5) is 11.4 Å². The molecule has 0 fully saturated rings. The Morgan fingerprint density at radius 3 is 2.55 bits per heavy atom. The van der Waals surface area contributed by atoms with Crippen molar-refractivity contribution in [1.29, 1.82) is 0 Å². The van der Waals surface area contributed by atoms with Gasteiger partial charge in [-0.15, -0.1) is 0 Å². The molecule has 0 saturated heterocycles. The maximum absolute atomic E-state index is 11.9. The Morgan fingerprint density at radius 2 is 2.00 bits per heavy atom. The van der Waals surface area contributed by atoms with Crippen LogP contribution in [0.2, 0.25) is 0 Å². The molecule has 0 bridgehead atoms. The molecule has 4 nitrogen and oxygen atoms in total. The van der Waals surface area contributed by atoms with Gasteiger partial charge >= 0.3 is 5.97 Å². The van der Waals surface area contributed by atoms with Crippen molar-refractivity contribution in [1.82, 2.24) is 0 Å². The molecule has 1 unspecified atom stereocenters. The third kappa shape index (κ3) is 4.15. The number of hydrogen-bond donors (Lipinski definition) is 1. The van der Waals surface area contributed by atoms with Gasteiger partial charge in [-0.3, -0.25) is 0 Å². The predicted octanol–water partition coefficient (Wildman–Crippen LogP) is 3.32. The first-order valence-electron chi connectivity index (χ1n) is 7.16. The molecular formula is C16H26N2O2. The van der Waals surface area contributed by atoms with Crippen LogP contribution in [0.3, 0.4) is 0 Å². The number of rotatable bonds is 6. The average Bonchev–Trinajstić information content (AvgIpc) is 2.37. The van der Waals surface area contributed by atoms with Gasteiger partial charge in [0.15, 0.2) is 0 Å². The summed E-state index contributed by atoms with van der Waals surface area (Å²) in [6.45, 7) is 8.73. The van der Waals surface area contributed by atoms with Crippen molar-refractivity contribution in [3.8, 4) is 0 Å². The maximum atomic E-state index is 11.9. The van der Waals surface area contributed by atoms with Gasteiger partial charge in [-0.2, -0.15) is 0 Å². The average molecular weight is 278 g/mol. The fourth-order valence-corrected chi connectivity index (χ4v) is 2.24. The Labute approximate surface area is 121 Å². The third-order valence-corrected chi connectivity index (χ3v) is 3.41. The van der Waals surface area contributed by atoms with E-state index in [1.54, 1.807) is 13.0 Å². The summed E-state index contributed by atoms with van der Waals surface area (Å²) in [7, 11) is 2.04. The molecule has 0 radical (unpaired) electrons. The highest BCUT2D eigenvalue weighted by molar-refractivity contribution is 5.96. The number of carbonyl (C=O) groups excluding carboxylic acids is 1. The maximum Gasteiger partial charge on any atom is 0.340 e. The number of carbonyl (C=O) groups is 1. The summed E-state index contributed by atoms with van der Waals surface area (Å²) in [6, 6.07) is 5.91. The van der Waals surface area contributed by atoms with Crippen molar-refractivity contribution in [2.75, 3.05) is 24.3 Å². The molecule has 112 valence electrons. The second kappa shape index (κ2) is 7.17. The summed E-state index contributed by atoms with van der Waals surface area (Å²) in [5.41, 5.74) is 7.73. The van der Waals surface area contributed by atoms with Crippen LogP contribution in [-0.4, -0.2) is 25.7 Å². The predicted molar refractivity (Wildman–Crippen MR) is 84.1 cm³/mol. The Hall–Kier alpha value is -1.71. The van der Waals surface area contributed by atoms with Crippen LogP contribution >= 0.6 is 0 Å². The van der Waals surface area contributed by atoms with Crippen LogP contribution in [-0.2, 0) is 4.74 Å². The van der Waals surface area contributed by atoms with Crippen LogP contribution < -0.4 is 10.6 Å². The van der Waals surface area contributed by atoms with Gasteiger partial charge in [-0.1, -0.05) is 13.8 Å². The Morgan fingerprint density at radius 1 is 1.35 bits per heavy atom. The van der Waals surface area contributed by atoms with Crippen LogP contribution in [0.25, 0.3) is 0 Å². The molecule has 20 heavy (non-hydrogen) atoms. The molecule has 1 aromatic carbocycles. The highest BCUT2D eigenvalue weighted by Gasteiger charge is 2.16. The topological polar surface area (TPSA) is 55.6 Å². The molecule has 0 saturated carbocycles. The number of ether oxygens (including phenoxy) is 1. The molecule has 1 aromatic rings. The second-order valence-corrected chi connectivity index (χ2v) is 5.58. The minimum absolute atomic E-state index is 0.349. The van der Waals surface area contributed by atoms with Gasteiger partial charge in [0.05, 0.1) is 12.2 Å². The minimum Gasteiger partial charge on any atom is -0.462 e. The lowest BCUT2D eigenvalue weighted by molar-refractivity contribution is 0.0527. The van der Waals surface area contributed by atoms with Crippen LogP contribution in [0.5, 0.6) is 0 Å². The van der Waals surface area contributed by atoms with E-state index in [4.69, 9.17) is 10.5 Å². The SMILES string of the molecule is CCOC(=O)c1cc(N(C)C(C)CC(C)C)ccc1N. The number of hydrogen-bond acceptors (Lipinski definition) is 4. The first-order valence-corrected chi connectivity index (χ1v) is 7.16. The molecule has 0 aliphatic carbocycles. The van der Waals surface area contributed by atoms with E-state index in [1.807, 2.05) is 19.2 Å². The number of nitrogen functional groups attached to an aromatic ring is 1. The Balaban J connectivity index is 2.96. The molecule has 2 N–H and O–H groups in total. The van der Waals surface area contributed by atoms with Gasteiger partial charge in [0.1, 0.15) is 0 Å². The highest BCUT2D eigenvalue weighted by atomic mass is 16.5. The molecule has 4 heteroatoms. The smallest absolute Gasteiger partial charge is 0.340 e. The molecule has 0 heterocycles. The van der Waals surface area contributed by atoms with Crippen molar-refractivity contribution in [3.63, 3.8) is 0 Å². The van der Waals surface area contributed by atoms with Crippen LogP contribution in [0.15, 0.2) is 18.2 Å². The van der Waals surface area contributed by atoms with Crippen LogP contribution in [0, 0.1) is 5.92 Å². The lowest BCUT2D eigenvalue weighted by Gasteiger charge is -2.28. The summed E-state index contributed by atoms with van der Waals surface area (Å²) in [6.07, 6.45) is 1.09. The van der Waals surface area contributed by atoms with Gasteiger partial charge in [0.2, 0.25) is 0 Å². The van der Waals surface area contributed by atoms with Crippen molar-refractivity contribution in [2.45, 2.75) is 40.2 Å². The first kappa shape index (κ1) is 16.3. The Bertz CT molecular complexity index is 458. The third-order valence-electron chi connectivity index (χ3n) is 3.41. The largest absolute Gasteiger partial charge is 0.462 e. The second-order valence-electron chi connectivity index (χ2n) is 5.58. The fraction of sp³-hybridized carbons (Fsp3) is 0.562. The number of nitrogens with zero attached hydrogens (tertiary/aromatic N) is 1. The molecule has 0 aliphatic heterocycles. The number of benzene rings is 1. The first-order chi connectivity index (χ1) is 9.36. The molecule has 0 amide bonds. The zero-order valence-corrected chi connectivity index (χ0v) is 13.1. The minimum atomic E-state index is -0.364. The summed E-state index contributed by atoms with van der Waals surface area (Å²) >= 11 is 0. The fourth-order valence-electron chi connectivity index (χ4n) is 2.24. The number of anilines is 2. The summed E-state index contributed by atoms with van der Waals surface area (Å²) < 4.78 is 5.03. The number of esters is 1. The molecule has 1 rings (SSSR count). The summed E-state index contributed by atoms with van der Waals surface area (Å²) in [4.78, 5) is 14.0. The van der Waals surface area contributed by atoms with E-state index in [-0.39, 0.29) is 5.97 Å². The molecule has 0 spiro atoms. The van der Waals surface area contributed by atoms with E-state index in [2.05, 4.69) is 25.7 Å². The van der Waals surface area contributed by atoms with E-state index in [0.717, 1.165) is 12.1 Å². The standard InChI is InChI=1S/C16H26N2O2/c1-6-20-16(19)14-10-13(7-8-15(14)17)18(5)12(4)9-11(2)3/h7-8,10-12H,6,9,17H2,1-5H3. The molecular weight excluding hydrogens is 252 g/mol. The van der Waals surface area contributed by atoms with Gasteiger partial charge < -0.3 is 15.4 Å². The summed E-state index contributed by atoms with van der Waals surface area (Å²) in [5, 5.41) is 0. The highest BCUT2D eigenvalue weighted by Crippen LogP contribution is 2.24. The van der Waals surface area contributed by atoms with E-state index in [9.17, 15) is 4.79 Å². The van der Waals surface area contributed by atoms with Crippen LogP contribution in [0.1, 0.15) is 44.5 Å². The lowest BCUT2D eigenvalue weighted by Crippen LogP contribution is -2.30. The zero-order valence-electron chi connectivity index (χ0n) is 13.1. The van der Waals surface area contributed by atoms with Gasteiger partial charge in [-0.05, 0) is 44.4 Å². The molecule has 0 aromatic heterocycles. The van der Waals surface area contributed by atoms with E-state index < -0.39 is 0 Å². The van der Waals surface area contributed by atoms with E-state index in [0.29, 0.717) is 29.8 Å². The normalized spacial score (nSPS) is 12.3. The quantitative estimate of drug-likeness (QED) is 0.640. The monoisotopic (exact) mass is 278 g/mol.